The summed E-state index contributed by atoms with van der Waals surface area (Å²) in [5.41, 5.74) is 3.70. The van der Waals surface area contributed by atoms with Gasteiger partial charge in [0.25, 0.3) is 0 Å². The number of rotatable bonds is 4. The van der Waals surface area contributed by atoms with Crippen molar-refractivity contribution in [1.29, 1.82) is 0 Å². The first-order valence-corrected chi connectivity index (χ1v) is 9.73. The second-order valence-electron chi connectivity index (χ2n) is 7.04. The van der Waals surface area contributed by atoms with E-state index in [1.807, 2.05) is 66.4 Å². The van der Waals surface area contributed by atoms with Crippen molar-refractivity contribution in [2.24, 2.45) is 0 Å². The Morgan fingerprint density at radius 1 is 0.966 bits per heavy atom. The zero-order valence-electron chi connectivity index (χ0n) is 16.7. The molecule has 1 saturated heterocycles. The van der Waals surface area contributed by atoms with Crippen LogP contribution in [0.4, 0.5) is 5.82 Å². The number of carbonyl (C=O) groups is 1. The lowest BCUT2D eigenvalue weighted by Crippen LogP contribution is -2.48. The van der Waals surface area contributed by atoms with Crippen LogP contribution >= 0.6 is 0 Å². The van der Waals surface area contributed by atoms with Crippen molar-refractivity contribution in [3.8, 4) is 5.75 Å². The first kappa shape index (κ1) is 18.9. The first-order chi connectivity index (χ1) is 14.1. The number of nitrogens with zero attached hydrogens (tertiary/aromatic N) is 4. The molecule has 4 rings (SSSR count). The Kier molecular flexibility index (Phi) is 5.42. The van der Waals surface area contributed by atoms with Gasteiger partial charge in [-0.3, -0.25) is 4.79 Å². The number of methoxy groups -OCH3 is 1. The van der Waals surface area contributed by atoms with E-state index in [0.29, 0.717) is 13.1 Å². The number of piperazine rings is 1. The minimum absolute atomic E-state index is 0.0294. The normalized spacial score (nSPS) is 14.6. The number of fused-ring (bicyclic) bond motifs is 1. The molecule has 1 aliphatic heterocycles. The predicted octanol–water partition coefficient (Wildman–Crippen LogP) is 3.31. The molecule has 6 nitrogen and oxygen atoms in total. The van der Waals surface area contributed by atoms with Crippen molar-refractivity contribution in [3.05, 3.63) is 65.9 Å². The Morgan fingerprint density at radius 2 is 1.62 bits per heavy atom. The highest BCUT2D eigenvalue weighted by Gasteiger charge is 2.22. The Bertz CT molecular complexity index is 1040. The van der Waals surface area contributed by atoms with Crippen LogP contribution in [0.3, 0.4) is 0 Å². The van der Waals surface area contributed by atoms with E-state index in [1.54, 1.807) is 13.2 Å². The van der Waals surface area contributed by atoms with Gasteiger partial charge < -0.3 is 14.5 Å². The Hall–Kier alpha value is -3.41. The molecule has 0 saturated carbocycles. The van der Waals surface area contributed by atoms with Crippen LogP contribution in [0.15, 0.2) is 54.6 Å². The highest BCUT2D eigenvalue weighted by atomic mass is 16.5. The number of aromatic nitrogens is 2. The zero-order chi connectivity index (χ0) is 20.2. The molecule has 0 spiro atoms. The maximum Gasteiger partial charge on any atom is 0.246 e. The lowest BCUT2D eigenvalue weighted by atomic mass is 10.2. The molecule has 0 bridgehead atoms. The van der Waals surface area contributed by atoms with E-state index in [0.717, 1.165) is 46.9 Å². The van der Waals surface area contributed by atoms with E-state index < -0.39 is 0 Å². The van der Waals surface area contributed by atoms with Crippen molar-refractivity contribution >= 4 is 28.8 Å². The van der Waals surface area contributed by atoms with Crippen molar-refractivity contribution in [2.75, 3.05) is 38.2 Å². The summed E-state index contributed by atoms with van der Waals surface area (Å²) in [4.78, 5) is 26.1. The van der Waals surface area contributed by atoms with Crippen LogP contribution in [0.1, 0.15) is 11.3 Å². The monoisotopic (exact) mass is 388 g/mol. The van der Waals surface area contributed by atoms with Crippen LogP contribution in [0.5, 0.6) is 5.75 Å². The molecular weight excluding hydrogens is 364 g/mol. The lowest BCUT2D eigenvalue weighted by molar-refractivity contribution is -0.126. The molecule has 148 valence electrons. The molecule has 2 heterocycles. The number of hydrogen-bond acceptors (Lipinski definition) is 5. The van der Waals surface area contributed by atoms with E-state index >= 15 is 0 Å². The van der Waals surface area contributed by atoms with E-state index in [1.165, 1.54) is 0 Å². The van der Waals surface area contributed by atoms with Crippen molar-refractivity contribution < 1.29 is 9.53 Å². The third-order valence-corrected chi connectivity index (χ3v) is 5.14. The highest BCUT2D eigenvalue weighted by Crippen LogP contribution is 2.21. The third kappa shape index (κ3) is 4.21. The quantitative estimate of drug-likeness (QED) is 0.642. The number of ether oxygens (including phenoxy) is 1. The van der Waals surface area contributed by atoms with Gasteiger partial charge in [0.05, 0.1) is 23.8 Å². The maximum absolute atomic E-state index is 12.5. The van der Waals surface area contributed by atoms with Crippen LogP contribution in [0, 0.1) is 6.92 Å². The summed E-state index contributed by atoms with van der Waals surface area (Å²) >= 11 is 0. The van der Waals surface area contributed by atoms with Gasteiger partial charge in [-0.05, 0) is 42.8 Å². The molecule has 0 atom stereocenters. The number of aryl methyl sites for hydroxylation is 1. The summed E-state index contributed by atoms with van der Waals surface area (Å²) in [5, 5.41) is 0. The van der Waals surface area contributed by atoms with Crippen molar-refractivity contribution in [1.82, 2.24) is 14.9 Å². The molecule has 1 aromatic heterocycles. The Morgan fingerprint density at radius 3 is 2.28 bits per heavy atom. The van der Waals surface area contributed by atoms with Gasteiger partial charge in [-0.1, -0.05) is 24.3 Å². The van der Waals surface area contributed by atoms with Gasteiger partial charge in [-0.15, -0.1) is 0 Å². The molecule has 3 aromatic rings. The first-order valence-electron chi connectivity index (χ1n) is 9.73. The SMILES string of the molecule is COc1ccc(/C=C/C(=O)N2CCN(c3nc4ccccc4nc3C)CC2)cc1. The number of carbonyl (C=O) groups excluding carboxylic acids is 1. The second kappa shape index (κ2) is 8.31. The number of amides is 1. The van der Waals surface area contributed by atoms with Crippen LogP contribution in [0.25, 0.3) is 17.1 Å². The van der Waals surface area contributed by atoms with Gasteiger partial charge in [0, 0.05) is 32.3 Å². The number of benzene rings is 2. The molecule has 1 amide bonds. The molecule has 29 heavy (non-hydrogen) atoms. The second-order valence-corrected chi connectivity index (χ2v) is 7.04. The van der Waals surface area contributed by atoms with E-state index in [2.05, 4.69) is 9.88 Å². The summed E-state index contributed by atoms with van der Waals surface area (Å²) in [6.45, 7) is 4.81. The summed E-state index contributed by atoms with van der Waals surface area (Å²) in [6.07, 6.45) is 3.48. The lowest BCUT2D eigenvalue weighted by Gasteiger charge is -2.35. The average Bonchev–Trinajstić information content (AvgIpc) is 2.77. The van der Waals surface area contributed by atoms with Crippen molar-refractivity contribution in [2.45, 2.75) is 6.92 Å². The molecule has 1 aliphatic rings. The number of para-hydroxylation sites is 2. The maximum atomic E-state index is 12.5. The van der Waals surface area contributed by atoms with Gasteiger partial charge in [0.2, 0.25) is 5.91 Å². The fraction of sp³-hybridized carbons (Fsp3) is 0.261. The predicted molar refractivity (Wildman–Crippen MR) is 115 cm³/mol. The van der Waals surface area contributed by atoms with Gasteiger partial charge in [-0.2, -0.15) is 0 Å². The fourth-order valence-electron chi connectivity index (χ4n) is 3.51. The molecular formula is C23H24N4O2. The third-order valence-electron chi connectivity index (χ3n) is 5.14. The number of anilines is 1. The van der Waals surface area contributed by atoms with E-state index in [-0.39, 0.29) is 5.91 Å². The molecule has 0 N–H and O–H groups in total. The summed E-state index contributed by atoms with van der Waals surface area (Å²) in [7, 11) is 1.64. The molecule has 6 heteroatoms. The molecule has 1 fully saturated rings. The van der Waals surface area contributed by atoms with Crippen LogP contribution in [-0.4, -0.2) is 54.1 Å². The van der Waals surface area contributed by atoms with Crippen LogP contribution in [0.2, 0.25) is 0 Å². The minimum atomic E-state index is 0.0294. The standard InChI is InChI=1S/C23H24N4O2/c1-17-23(25-21-6-4-3-5-20(21)24-17)27-15-13-26(14-16-27)22(28)12-9-18-7-10-19(29-2)11-8-18/h3-12H,13-16H2,1-2H3/b12-9+. The fourth-order valence-corrected chi connectivity index (χ4v) is 3.51. The van der Waals surface area contributed by atoms with E-state index in [9.17, 15) is 4.79 Å². The molecule has 0 unspecified atom stereocenters. The topological polar surface area (TPSA) is 58.6 Å². The summed E-state index contributed by atoms with van der Waals surface area (Å²) in [6, 6.07) is 15.5. The molecule has 0 aliphatic carbocycles. The zero-order valence-corrected chi connectivity index (χ0v) is 16.7. The largest absolute Gasteiger partial charge is 0.497 e. The average molecular weight is 388 g/mol. The summed E-state index contributed by atoms with van der Waals surface area (Å²) in [5.74, 6) is 1.74. The van der Waals surface area contributed by atoms with Crippen LogP contribution < -0.4 is 9.64 Å². The van der Waals surface area contributed by atoms with E-state index in [4.69, 9.17) is 9.72 Å². The van der Waals surface area contributed by atoms with Gasteiger partial charge in [-0.25, -0.2) is 9.97 Å². The van der Waals surface area contributed by atoms with Crippen LogP contribution in [-0.2, 0) is 4.79 Å². The van der Waals surface area contributed by atoms with Crippen molar-refractivity contribution in [3.63, 3.8) is 0 Å². The molecule has 2 aromatic carbocycles. The summed E-state index contributed by atoms with van der Waals surface area (Å²) < 4.78 is 5.16. The highest BCUT2D eigenvalue weighted by molar-refractivity contribution is 5.92. The number of hydrogen-bond donors (Lipinski definition) is 0. The van der Waals surface area contributed by atoms with Gasteiger partial charge in [0.1, 0.15) is 5.75 Å². The van der Waals surface area contributed by atoms with Gasteiger partial charge >= 0.3 is 0 Å². The van der Waals surface area contributed by atoms with Gasteiger partial charge in [0.15, 0.2) is 5.82 Å². The smallest absolute Gasteiger partial charge is 0.246 e. The minimum Gasteiger partial charge on any atom is -0.497 e. The molecule has 0 radical (unpaired) electrons. The Labute approximate surface area is 170 Å². The Balaban J connectivity index is 1.39.